The molecule has 1 atom stereocenters. The van der Waals surface area contributed by atoms with Crippen LogP contribution in [0.25, 0.3) is 10.8 Å². The van der Waals surface area contributed by atoms with E-state index in [2.05, 4.69) is 10.0 Å². The Morgan fingerprint density at radius 2 is 1.69 bits per heavy atom. The molecule has 0 radical (unpaired) electrons. The highest BCUT2D eigenvalue weighted by atomic mass is 35.5. The number of carbonyl (C=O) groups excluding carboxylic acids is 1. The van der Waals surface area contributed by atoms with Crippen LogP contribution in [-0.4, -0.2) is 20.4 Å². The average Bonchev–Trinajstić information content (AvgIpc) is 2.61. The molecule has 0 bridgehead atoms. The van der Waals surface area contributed by atoms with Crippen LogP contribution < -0.4 is 10.0 Å². The van der Waals surface area contributed by atoms with Gasteiger partial charge in [0.1, 0.15) is 0 Å². The van der Waals surface area contributed by atoms with Crippen molar-refractivity contribution in [2.45, 2.75) is 17.9 Å². The maximum absolute atomic E-state index is 12.6. The zero-order valence-corrected chi connectivity index (χ0v) is 15.5. The van der Waals surface area contributed by atoms with Gasteiger partial charge in [-0.3, -0.25) is 4.79 Å². The first-order valence-corrected chi connectivity index (χ1v) is 9.79. The summed E-state index contributed by atoms with van der Waals surface area (Å²) in [6, 6.07) is 18.0. The summed E-state index contributed by atoms with van der Waals surface area (Å²) in [5, 5.41) is 4.87. The predicted octanol–water partition coefficient (Wildman–Crippen LogP) is 3.80. The van der Waals surface area contributed by atoms with Gasteiger partial charge in [-0.25, -0.2) is 8.42 Å². The van der Waals surface area contributed by atoms with E-state index in [0.29, 0.717) is 10.7 Å². The molecule has 5 nitrogen and oxygen atoms in total. The first kappa shape index (κ1) is 18.4. The van der Waals surface area contributed by atoms with Crippen LogP contribution in [0.5, 0.6) is 0 Å². The van der Waals surface area contributed by atoms with Crippen LogP contribution in [-0.2, 0) is 14.8 Å². The van der Waals surface area contributed by atoms with Gasteiger partial charge in [0.15, 0.2) is 0 Å². The minimum Gasteiger partial charge on any atom is -0.325 e. The van der Waals surface area contributed by atoms with Crippen molar-refractivity contribution in [1.29, 1.82) is 0 Å². The van der Waals surface area contributed by atoms with Gasteiger partial charge in [0, 0.05) is 10.7 Å². The molecule has 0 aliphatic rings. The minimum absolute atomic E-state index is 0.110. The number of fused-ring (bicyclic) bond motifs is 1. The van der Waals surface area contributed by atoms with Crippen molar-refractivity contribution in [2.24, 2.45) is 0 Å². The van der Waals surface area contributed by atoms with E-state index >= 15 is 0 Å². The second kappa shape index (κ2) is 7.45. The lowest BCUT2D eigenvalue weighted by atomic mass is 10.1. The van der Waals surface area contributed by atoms with Crippen LogP contribution in [0.2, 0.25) is 5.02 Å². The van der Waals surface area contributed by atoms with Crippen LogP contribution in [0.4, 0.5) is 5.69 Å². The third-order valence-corrected chi connectivity index (χ3v) is 5.62. The maximum Gasteiger partial charge on any atom is 0.242 e. The van der Waals surface area contributed by atoms with Gasteiger partial charge in [-0.2, -0.15) is 4.72 Å². The Kier molecular flexibility index (Phi) is 5.27. The van der Waals surface area contributed by atoms with Gasteiger partial charge in [0.05, 0.1) is 10.9 Å². The van der Waals surface area contributed by atoms with Crippen molar-refractivity contribution in [2.75, 3.05) is 5.32 Å². The van der Waals surface area contributed by atoms with E-state index in [1.165, 1.54) is 13.0 Å². The SMILES string of the molecule is C[C@@H](NS(=O)(=O)c1ccc2ccccc2c1)C(=O)Nc1cccc(Cl)c1. The van der Waals surface area contributed by atoms with Crippen LogP contribution in [0.3, 0.4) is 0 Å². The van der Waals surface area contributed by atoms with E-state index in [0.717, 1.165) is 10.8 Å². The molecule has 0 saturated carbocycles. The van der Waals surface area contributed by atoms with E-state index in [-0.39, 0.29) is 4.90 Å². The quantitative estimate of drug-likeness (QED) is 0.698. The monoisotopic (exact) mass is 388 g/mol. The Balaban J connectivity index is 1.75. The fourth-order valence-electron chi connectivity index (χ4n) is 2.51. The summed E-state index contributed by atoms with van der Waals surface area (Å²) in [6.07, 6.45) is 0. The van der Waals surface area contributed by atoms with Gasteiger partial charge >= 0.3 is 0 Å². The second-order valence-corrected chi connectivity index (χ2v) is 8.00. The van der Waals surface area contributed by atoms with E-state index in [4.69, 9.17) is 11.6 Å². The zero-order chi connectivity index (χ0) is 18.7. The molecule has 0 fully saturated rings. The highest BCUT2D eigenvalue weighted by Gasteiger charge is 2.22. The lowest BCUT2D eigenvalue weighted by Crippen LogP contribution is -2.41. The van der Waals surface area contributed by atoms with Crippen molar-refractivity contribution in [3.8, 4) is 0 Å². The summed E-state index contributed by atoms with van der Waals surface area (Å²) in [4.78, 5) is 12.4. The van der Waals surface area contributed by atoms with Gasteiger partial charge in [0.25, 0.3) is 0 Å². The number of rotatable bonds is 5. The molecule has 0 aliphatic carbocycles. The summed E-state index contributed by atoms with van der Waals surface area (Å²) >= 11 is 5.88. The summed E-state index contributed by atoms with van der Waals surface area (Å²) < 4.78 is 27.6. The van der Waals surface area contributed by atoms with Crippen molar-refractivity contribution < 1.29 is 13.2 Å². The highest BCUT2D eigenvalue weighted by molar-refractivity contribution is 7.89. The van der Waals surface area contributed by atoms with E-state index in [9.17, 15) is 13.2 Å². The standard InChI is InChI=1S/C19H17ClN2O3S/c1-13(19(23)21-17-8-4-7-16(20)12-17)22-26(24,25)18-10-9-14-5-2-3-6-15(14)11-18/h2-13,22H,1H3,(H,21,23)/t13-/m1/s1. The Labute approximate surface area is 157 Å². The number of halogens is 1. The number of benzene rings is 3. The number of carbonyl (C=O) groups is 1. The molecule has 26 heavy (non-hydrogen) atoms. The van der Waals surface area contributed by atoms with E-state index in [1.54, 1.807) is 36.4 Å². The topological polar surface area (TPSA) is 75.3 Å². The Morgan fingerprint density at radius 3 is 2.42 bits per heavy atom. The van der Waals surface area contributed by atoms with Gasteiger partial charge in [0.2, 0.25) is 15.9 Å². The van der Waals surface area contributed by atoms with Crippen molar-refractivity contribution >= 4 is 44.0 Å². The summed E-state index contributed by atoms with van der Waals surface area (Å²) in [6.45, 7) is 1.48. The molecule has 0 spiro atoms. The van der Waals surface area contributed by atoms with Crippen molar-refractivity contribution in [3.63, 3.8) is 0 Å². The van der Waals surface area contributed by atoms with E-state index in [1.807, 2.05) is 24.3 Å². The fraction of sp³-hybridized carbons (Fsp3) is 0.105. The molecule has 0 aliphatic heterocycles. The third kappa shape index (κ3) is 4.22. The summed E-state index contributed by atoms with van der Waals surface area (Å²) in [5.41, 5.74) is 0.499. The largest absolute Gasteiger partial charge is 0.325 e. The molecule has 0 aromatic heterocycles. The molecule has 134 valence electrons. The van der Waals surface area contributed by atoms with Crippen molar-refractivity contribution in [3.05, 3.63) is 71.8 Å². The molecule has 3 rings (SSSR count). The van der Waals surface area contributed by atoms with E-state index < -0.39 is 22.0 Å². The van der Waals surface area contributed by atoms with Crippen molar-refractivity contribution in [1.82, 2.24) is 4.72 Å². The number of sulfonamides is 1. The number of amides is 1. The second-order valence-electron chi connectivity index (χ2n) is 5.85. The lowest BCUT2D eigenvalue weighted by molar-refractivity contribution is -0.117. The maximum atomic E-state index is 12.6. The average molecular weight is 389 g/mol. The fourth-order valence-corrected chi connectivity index (χ4v) is 3.93. The van der Waals surface area contributed by atoms with Gasteiger partial charge in [-0.05, 0) is 48.0 Å². The number of hydrogen-bond donors (Lipinski definition) is 2. The first-order chi connectivity index (χ1) is 12.3. The Morgan fingerprint density at radius 1 is 0.962 bits per heavy atom. The molecular formula is C19H17ClN2O3S. The third-order valence-electron chi connectivity index (χ3n) is 3.85. The molecule has 2 N–H and O–H groups in total. The number of nitrogens with one attached hydrogen (secondary N) is 2. The molecule has 0 heterocycles. The predicted molar refractivity (Wildman–Crippen MR) is 104 cm³/mol. The molecule has 1 amide bonds. The van der Waals surface area contributed by atoms with Gasteiger partial charge in [-0.15, -0.1) is 0 Å². The first-order valence-electron chi connectivity index (χ1n) is 7.93. The number of anilines is 1. The lowest BCUT2D eigenvalue weighted by Gasteiger charge is -2.15. The summed E-state index contributed by atoms with van der Waals surface area (Å²) in [5.74, 6) is -0.475. The highest BCUT2D eigenvalue weighted by Crippen LogP contribution is 2.19. The normalized spacial score (nSPS) is 12.7. The smallest absolute Gasteiger partial charge is 0.242 e. The van der Waals surface area contributed by atoms with Gasteiger partial charge < -0.3 is 5.32 Å². The zero-order valence-electron chi connectivity index (χ0n) is 13.9. The Hall–Kier alpha value is -2.41. The molecule has 3 aromatic carbocycles. The molecule has 0 unspecified atom stereocenters. The molecule has 0 saturated heterocycles. The molecule has 7 heteroatoms. The van der Waals surface area contributed by atoms with Crippen LogP contribution in [0.15, 0.2) is 71.6 Å². The molecule has 3 aromatic rings. The van der Waals surface area contributed by atoms with Gasteiger partial charge in [-0.1, -0.05) is 48.0 Å². The van der Waals surface area contributed by atoms with Crippen LogP contribution in [0.1, 0.15) is 6.92 Å². The summed E-state index contributed by atoms with van der Waals surface area (Å²) in [7, 11) is -3.83. The van der Waals surface area contributed by atoms with Crippen LogP contribution in [0, 0.1) is 0 Å². The van der Waals surface area contributed by atoms with Crippen LogP contribution >= 0.6 is 11.6 Å². The minimum atomic E-state index is -3.83. The molecular weight excluding hydrogens is 372 g/mol. The number of hydrogen-bond acceptors (Lipinski definition) is 3. The Bertz CT molecular complexity index is 1070.